The Labute approximate surface area is 192 Å². The first-order chi connectivity index (χ1) is 14.1. The van der Waals surface area contributed by atoms with Crippen LogP contribution in [0.15, 0.2) is 34.9 Å². The van der Waals surface area contributed by atoms with Gasteiger partial charge in [-0.25, -0.2) is 4.79 Å². The maximum absolute atomic E-state index is 11.8. The summed E-state index contributed by atoms with van der Waals surface area (Å²) >= 11 is 1.45. The first-order valence-electron chi connectivity index (χ1n) is 10.4. The van der Waals surface area contributed by atoms with Crippen LogP contribution in [0.2, 0.25) is 0 Å². The van der Waals surface area contributed by atoms with E-state index in [2.05, 4.69) is 51.2 Å². The first kappa shape index (κ1) is 31.2. The van der Waals surface area contributed by atoms with Gasteiger partial charge in [0.15, 0.2) is 0 Å². The number of hydrogen-bond donors (Lipinski definition) is 3. The van der Waals surface area contributed by atoms with E-state index in [0.717, 1.165) is 25.7 Å². The van der Waals surface area contributed by atoms with E-state index in [9.17, 15) is 19.5 Å². The lowest BCUT2D eigenvalue weighted by molar-refractivity contribution is -0.141. The van der Waals surface area contributed by atoms with Crippen LogP contribution in [0.1, 0.15) is 80.1 Å². The average Bonchev–Trinajstić information content (AvgIpc) is 2.63. The van der Waals surface area contributed by atoms with Crippen LogP contribution in [0.3, 0.4) is 0 Å². The van der Waals surface area contributed by atoms with Gasteiger partial charge in [-0.15, -0.1) is 0 Å². The normalized spacial score (nSPS) is 12.5. The summed E-state index contributed by atoms with van der Waals surface area (Å²) in [4.78, 5) is 33.5. The number of thioether (sulfide) groups is 1. The fourth-order valence-corrected chi connectivity index (χ4v) is 3.57. The van der Waals surface area contributed by atoms with Crippen molar-refractivity contribution in [1.82, 2.24) is 5.32 Å². The molecule has 0 aliphatic carbocycles. The largest absolute Gasteiger partial charge is 0.481 e. The van der Waals surface area contributed by atoms with Crippen LogP contribution in [0.25, 0.3) is 0 Å². The molecule has 178 valence electrons. The predicted molar refractivity (Wildman–Crippen MR) is 131 cm³/mol. The van der Waals surface area contributed by atoms with Gasteiger partial charge in [0.2, 0.25) is 5.91 Å². The molecule has 0 unspecified atom stereocenters. The molecule has 7 heteroatoms. The van der Waals surface area contributed by atoms with Crippen LogP contribution < -0.4 is 5.32 Å². The minimum Gasteiger partial charge on any atom is -0.481 e. The SMILES string of the molecule is C.CC(C)=CCC/C(C)=C/CC/C(C)=C/CSC[C@H](NC(=O)CCCC(=O)O)C(=O)O. The van der Waals surface area contributed by atoms with Crippen molar-refractivity contribution in [2.75, 3.05) is 11.5 Å². The Kier molecular flexibility index (Phi) is 18.8. The zero-order valence-corrected chi connectivity index (χ0v) is 19.5. The molecule has 0 aromatic heterocycles. The Hall–Kier alpha value is -2.02. The summed E-state index contributed by atoms with van der Waals surface area (Å²) in [5.41, 5.74) is 4.01. The Balaban J connectivity index is 0. The summed E-state index contributed by atoms with van der Waals surface area (Å²) in [5, 5.41) is 20.3. The van der Waals surface area contributed by atoms with Gasteiger partial charge in [0.05, 0.1) is 0 Å². The summed E-state index contributed by atoms with van der Waals surface area (Å²) in [5.74, 6) is -1.52. The Bertz CT molecular complexity index is 648. The number of amides is 1. The fourth-order valence-electron chi connectivity index (χ4n) is 2.57. The second-order valence-corrected chi connectivity index (χ2v) is 8.78. The van der Waals surface area contributed by atoms with Gasteiger partial charge in [0.25, 0.3) is 0 Å². The van der Waals surface area contributed by atoms with Gasteiger partial charge in [-0.1, -0.05) is 42.4 Å². The number of carbonyl (C=O) groups excluding carboxylic acids is 1. The van der Waals surface area contributed by atoms with Crippen molar-refractivity contribution in [3.63, 3.8) is 0 Å². The smallest absolute Gasteiger partial charge is 0.327 e. The van der Waals surface area contributed by atoms with Crippen LogP contribution in [-0.4, -0.2) is 45.6 Å². The highest BCUT2D eigenvalue weighted by molar-refractivity contribution is 7.99. The zero-order chi connectivity index (χ0) is 22.9. The van der Waals surface area contributed by atoms with Crippen molar-refractivity contribution < 1.29 is 24.6 Å². The highest BCUT2D eigenvalue weighted by atomic mass is 32.2. The molecule has 0 aliphatic rings. The van der Waals surface area contributed by atoms with Gasteiger partial charge >= 0.3 is 11.9 Å². The molecular formula is C24H41NO5S. The molecule has 0 saturated carbocycles. The molecule has 0 aliphatic heterocycles. The summed E-state index contributed by atoms with van der Waals surface area (Å²) in [6.45, 7) is 8.46. The Morgan fingerprint density at radius 3 is 2.00 bits per heavy atom. The van der Waals surface area contributed by atoms with Crippen LogP contribution in [0.5, 0.6) is 0 Å². The van der Waals surface area contributed by atoms with Crippen molar-refractivity contribution in [2.45, 2.75) is 86.1 Å². The maximum Gasteiger partial charge on any atom is 0.327 e. The molecule has 0 saturated heterocycles. The Morgan fingerprint density at radius 1 is 0.871 bits per heavy atom. The lowest BCUT2D eigenvalue weighted by Crippen LogP contribution is -2.42. The van der Waals surface area contributed by atoms with Crippen LogP contribution in [0.4, 0.5) is 0 Å². The van der Waals surface area contributed by atoms with Crippen molar-refractivity contribution in [3.8, 4) is 0 Å². The molecule has 0 spiro atoms. The third kappa shape index (κ3) is 19.7. The third-order valence-electron chi connectivity index (χ3n) is 4.38. The molecule has 0 heterocycles. The molecule has 3 N–H and O–H groups in total. The van der Waals surface area contributed by atoms with Gasteiger partial charge in [0.1, 0.15) is 6.04 Å². The zero-order valence-electron chi connectivity index (χ0n) is 18.7. The van der Waals surface area contributed by atoms with E-state index in [-0.39, 0.29) is 32.4 Å². The number of hydrogen-bond acceptors (Lipinski definition) is 4. The molecule has 31 heavy (non-hydrogen) atoms. The monoisotopic (exact) mass is 455 g/mol. The Morgan fingerprint density at radius 2 is 1.45 bits per heavy atom. The summed E-state index contributed by atoms with van der Waals surface area (Å²) in [6, 6.07) is -0.965. The van der Waals surface area contributed by atoms with Crippen LogP contribution in [0, 0.1) is 0 Å². The van der Waals surface area contributed by atoms with E-state index in [1.807, 2.05) is 0 Å². The fraction of sp³-hybridized carbons (Fsp3) is 0.625. The van der Waals surface area contributed by atoms with E-state index in [4.69, 9.17) is 5.11 Å². The van der Waals surface area contributed by atoms with E-state index < -0.39 is 23.9 Å². The topological polar surface area (TPSA) is 104 Å². The summed E-state index contributed by atoms with van der Waals surface area (Å²) in [7, 11) is 0. The predicted octanol–water partition coefficient (Wildman–Crippen LogP) is 5.60. The number of allylic oxidation sites excluding steroid dienone is 5. The number of carbonyl (C=O) groups is 3. The van der Waals surface area contributed by atoms with E-state index in [0.29, 0.717) is 5.75 Å². The van der Waals surface area contributed by atoms with Gasteiger partial charge in [-0.05, 0) is 59.8 Å². The molecule has 0 bridgehead atoms. The van der Waals surface area contributed by atoms with Crippen LogP contribution >= 0.6 is 11.8 Å². The highest BCUT2D eigenvalue weighted by Crippen LogP contribution is 2.13. The molecule has 0 radical (unpaired) electrons. The lowest BCUT2D eigenvalue weighted by Gasteiger charge is -2.13. The molecule has 0 aromatic rings. The van der Waals surface area contributed by atoms with Gasteiger partial charge < -0.3 is 15.5 Å². The maximum atomic E-state index is 11.8. The third-order valence-corrected chi connectivity index (χ3v) is 5.36. The second-order valence-electron chi connectivity index (χ2n) is 7.70. The molecule has 0 rings (SSSR count). The van der Waals surface area contributed by atoms with E-state index in [1.165, 1.54) is 28.5 Å². The van der Waals surface area contributed by atoms with Gasteiger partial charge in [0, 0.05) is 24.3 Å². The van der Waals surface area contributed by atoms with Crippen molar-refractivity contribution in [2.24, 2.45) is 0 Å². The van der Waals surface area contributed by atoms with Gasteiger partial charge in [-0.2, -0.15) is 11.8 Å². The number of aliphatic carboxylic acids is 2. The molecule has 0 aromatic carbocycles. The average molecular weight is 456 g/mol. The minimum absolute atomic E-state index is 0. The van der Waals surface area contributed by atoms with E-state index in [1.54, 1.807) is 0 Å². The number of carboxylic acid groups (broad SMARTS) is 2. The van der Waals surface area contributed by atoms with Gasteiger partial charge in [-0.3, -0.25) is 9.59 Å². The van der Waals surface area contributed by atoms with Crippen LogP contribution in [-0.2, 0) is 14.4 Å². The first-order valence-corrected chi connectivity index (χ1v) is 11.5. The minimum atomic E-state index is -1.08. The summed E-state index contributed by atoms with van der Waals surface area (Å²) in [6.07, 6.45) is 10.9. The molecule has 0 fully saturated rings. The highest BCUT2D eigenvalue weighted by Gasteiger charge is 2.19. The number of nitrogens with one attached hydrogen (secondary N) is 1. The number of rotatable bonds is 16. The quantitative estimate of drug-likeness (QED) is 0.207. The second kappa shape index (κ2) is 18.7. The lowest BCUT2D eigenvalue weighted by atomic mass is 10.1. The summed E-state index contributed by atoms with van der Waals surface area (Å²) < 4.78 is 0. The molecule has 1 amide bonds. The molecule has 1 atom stereocenters. The molecular weight excluding hydrogens is 414 g/mol. The number of carboxylic acids is 2. The van der Waals surface area contributed by atoms with Crippen molar-refractivity contribution in [1.29, 1.82) is 0 Å². The van der Waals surface area contributed by atoms with E-state index >= 15 is 0 Å². The van der Waals surface area contributed by atoms with Crippen molar-refractivity contribution in [3.05, 3.63) is 34.9 Å². The molecule has 6 nitrogen and oxygen atoms in total. The standard InChI is InChI=1S/C23H37NO5S.CH4/c1-17(2)8-5-9-18(3)10-6-11-19(4)14-15-30-16-20(23(28)29)24-21(25)12-7-13-22(26)27;/h8,10,14,20H,5-7,9,11-13,15-16H2,1-4H3,(H,24,25)(H,26,27)(H,28,29);1H4/b18-10+,19-14+;/t20-;/m0./s1. The van der Waals surface area contributed by atoms with Crippen molar-refractivity contribution >= 4 is 29.6 Å².